The number of hydrogen-bond donors (Lipinski definition) is 1. The monoisotopic (exact) mass is 205 g/mol. The Morgan fingerprint density at radius 1 is 1.15 bits per heavy atom. The molecule has 1 N–H and O–H groups in total. The summed E-state index contributed by atoms with van der Waals surface area (Å²) in [6, 6.07) is 0. The van der Waals surface area contributed by atoms with Crippen LogP contribution in [0.2, 0.25) is 0 Å². The van der Waals surface area contributed by atoms with Gasteiger partial charge < -0.3 is 10.0 Å². The molecular formula is C10H20ClNO. The van der Waals surface area contributed by atoms with Crippen LogP contribution in [0.25, 0.3) is 0 Å². The van der Waals surface area contributed by atoms with Crippen molar-refractivity contribution in [3.8, 4) is 0 Å². The molecule has 1 aliphatic carbocycles. The molecule has 1 spiro atoms. The van der Waals surface area contributed by atoms with Crippen molar-refractivity contribution in [2.45, 2.75) is 32.1 Å². The number of nitrogens with zero attached hydrogens (tertiary/aromatic N) is 1. The van der Waals surface area contributed by atoms with Gasteiger partial charge in [-0.15, -0.1) is 12.4 Å². The predicted molar refractivity (Wildman–Crippen MR) is 56.3 cm³/mol. The minimum atomic E-state index is 0. The summed E-state index contributed by atoms with van der Waals surface area (Å²) in [7, 11) is 0. The molecule has 1 saturated heterocycles. The van der Waals surface area contributed by atoms with Gasteiger partial charge in [0.1, 0.15) is 0 Å². The highest BCUT2D eigenvalue weighted by atomic mass is 35.5. The van der Waals surface area contributed by atoms with E-state index in [0.29, 0.717) is 12.0 Å². The van der Waals surface area contributed by atoms with E-state index in [1.807, 2.05) is 0 Å². The highest BCUT2D eigenvalue weighted by Gasteiger charge is 2.39. The van der Waals surface area contributed by atoms with Crippen LogP contribution in [-0.4, -0.2) is 36.2 Å². The molecule has 0 unspecified atom stereocenters. The average molecular weight is 206 g/mol. The van der Waals surface area contributed by atoms with Crippen LogP contribution in [0.4, 0.5) is 0 Å². The van der Waals surface area contributed by atoms with Gasteiger partial charge in [0, 0.05) is 13.1 Å². The van der Waals surface area contributed by atoms with Crippen molar-refractivity contribution in [3.63, 3.8) is 0 Å². The zero-order valence-electron chi connectivity index (χ0n) is 8.17. The van der Waals surface area contributed by atoms with Crippen molar-refractivity contribution >= 4 is 12.4 Å². The lowest BCUT2D eigenvalue weighted by Gasteiger charge is -2.22. The maximum Gasteiger partial charge on any atom is 0.0558 e. The first-order chi connectivity index (χ1) is 5.85. The summed E-state index contributed by atoms with van der Waals surface area (Å²) in [5.41, 5.74) is 0.676. The molecule has 0 atom stereocenters. The van der Waals surface area contributed by atoms with Gasteiger partial charge in [0.05, 0.1) is 6.61 Å². The Balaban J connectivity index is 0.000000845. The fraction of sp³-hybridized carbons (Fsp3) is 1.00. The molecular weight excluding hydrogens is 186 g/mol. The minimum absolute atomic E-state index is 0. The van der Waals surface area contributed by atoms with Gasteiger partial charge in [-0.2, -0.15) is 0 Å². The van der Waals surface area contributed by atoms with E-state index in [2.05, 4.69) is 4.90 Å². The third kappa shape index (κ3) is 2.36. The Bertz CT molecular complexity index is 157. The molecule has 2 fully saturated rings. The van der Waals surface area contributed by atoms with E-state index in [-0.39, 0.29) is 12.4 Å². The zero-order chi connectivity index (χ0) is 8.44. The highest BCUT2D eigenvalue weighted by molar-refractivity contribution is 5.85. The van der Waals surface area contributed by atoms with Crippen LogP contribution in [0.1, 0.15) is 32.1 Å². The zero-order valence-corrected chi connectivity index (χ0v) is 8.98. The SMILES string of the molecule is Cl.OCCN1CCC2(CCCC2)C1. The van der Waals surface area contributed by atoms with Crippen LogP contribution in [-0.2, 0) is 0 Å². The molecule has 1 saturated carbocycles. The fourth-order valence-electron chi connectivity index (χ4n) is 2.89. The van der Waals surface area contributed by atoms with Crippen LogP contribution in [0.15, 0.2) is 0 Å². The Morgan fingerprint density at radius 3 is 2.46 bits per heavy atom. The van der Waals surface area contributed by atoms with Crippen molar-refractivity contribution in [1.82, 2.24) is 4.90 Å². The molecule has 2 aliphatic rings. The van der Waals surface area contributed by atoms with Crippen molar-refractivity contribution in [2.24, 2.45) is 5.41 Å². The van der Waals surface area contributed by atoms with Crippen molar-refractivity contribution in [3.05, 3.63) is 0 Å². The summed E-state index contributed by atoms with van der Waals surface area (Å²) in [5, 5.41) is 8.82. The summed E-state index contributed by atoms with van der Waals surface area (Å²) >= 11 is 0. The van der Waals surface area contributed by atoms with E-state index in [0.717, 1.165) is 6.54 Å². The van der Waals surface area contributed by atoms with Gasteiger partial charge in [-0.1, -0.05) is 12.8 Å². The molecule has 0 aromatic rings. The molecule has 0 radical (unpaired) electrons. The predicted octanol–water partition coefficient (Wildman–Crippen LogP) is 1.67. The smallest absolute Gasteiger partial charge is 0.0558 e. The minimum Gasteiger partial charge on any atom is -0.395 e. The number of likely N-dealkylation sites (tertiary alicyclic amines) is 1. The summed E-state index contributed by atoms with van der Waals surface area (Å²) in [4.78, 5) is 2.42. The first-order valence-electron chi connectivity index (χ1n) is 5.18. The first-order valence-corrected chi connectivity index (χ1v) is 5.18. The number of halogens is 1. The lowest BCUT2D eigenvalue weighted by atomic mass is 9.86. The molecule has 1 aliphatic heterocycles. The summed E-state index contributed by atoms with van der Waals surface area (Å²) in [6.07, 6.45) is 7.14. The van der Waals surface area contributed by atoms with Crippen LogP contribution in [0.5, 0.6) is 0 Å². The maximum atomic E-state index is 8.82. The third-order valence-corrected chi connectivity index (χ3v) is 3.60. The second-order valence-electron chi connectivity index (χ2n) is 4.46. The molecule has 0 amide bonds. The summed E-state index contributed by atoms with van der Waals surface area (Å²) < 4.78 is 0. The van der Waals surface area contributed by atoms with Crippen molar-refractivity contribution in [1.29, 1.82) is 0 Å². The van der Waals surface area contributed by atoms with Crippen molar-refractivity contribution < 1.29 is 5.11 Å². The van der Waals surface area contributed by atoms with Crippen LogP contribution >= 0.6 is 12.4 Å². The largest absolute Gasteiger partial charge is 0.395 e. The van der Waals surface area contributed by atoms with Crippen LogP contribution in [0.3, 0.4) is 0 Å². The van der Waals surface area contributed by atoms with Gasteiger partial charge in [0.15, 0.2) is 0 Å². The Kier molecular flexibility index (Phi) is 4.02. The van der Waals surface area contributed by atoms with Gasteiger partial charge in [0.25, 0.3) is 0 Å². The Hall–Kier alpha value is 0.210. The van der Waals surface area contributed by atoms with Gasteiger partial charge in [-0.05, 0) is 31.2 Å². The fourth-order valence-corrected chi connectivity index (χ4v) is 2.89. The van der Waals surface area contributed by atoms with Gasteiger partial charge in [-0.3, -0.25) is 0 Å². The number of aliphatic hydroxyl groups excluding tert-OH is 1. The molecule has 0 bridgehead atoms. The van der Waals surface area contributed by atoms with E-state index >= 15 is 0 Å². The summed E-state index contributed by atoms with van der Waals surface area (Å²) in [5.74, 6) is 0. The first kappa shape index (κ1) is 11.3. The van der Waals surface area contributed by atoms with Crippen LogP contribution < -0.4 is 0 Å². The third-order valence-electron chi connectivity index (χ3n) is 3.60. The van der Waals surface area contributed by atoms with Crippen LogP contribution in [0, 0.1) is 5.41 Å². The molecule has 1 heterocycles. The van der Waals surface area contributed by atoms with Gasteiger partial charge >= 0.3 is 0 Å². The Labute approximate surface area is 86.7 Å². The second-order valence-corrected chi connectivity index (χ2v) is 4.46. The molecule has 2 nitrogen and oxygen atoms in total. The highest BCUT2D eigenvalue weighted by Crippen LogP contribution is 2.44. The number of rotatable bonds is 2. The molecule has 2 rings (SSSR count). The van der Waals surface area contributed by atoms with Gasteiger partial charge in [0.2, 0.25) is 0 Å². The molecule has 0 aromatic carbocycles. The quantitative estimate of drug-likeness (QED) is 0.742. The lowest BCUT2D eigenvalue weighted by Crippen LogP contribution is -2.27. The van der Waals surface area contributed by atoms with E-state index in [1.165, 1.54) is 45.2 Å². The maximum absolute atomic E-state index is 8.82. The van der Waals surface area contributed by atoms with Gasteiger partial charge in [-0.25, -0.2) is 0 Å². The molecule has 0 aromatic heterocycles. The van der Waals surface area contributed by atoms with Crippen molar-refractivity contribution in [2.75, 3.05) is 26.2 Å². The Morgan fingerprint density at radius 2 is 1.85 bits per heavy atom. The molecule has 3 heteroatoms. The summed E-state index contributed by atoms with van der Waals surface area (Å²) in [6.45, 7) is 3.70. The lowest BCUT2D eigenvalue weighted by molar-refractivity contribution is 0.201. The molecule has 13 heavy (non-hydrogen) atoms. The van der Waals surface area contributed by atoms with E-state index < -0.39 is 0 Å². The second kappa shape index (κ2) is 4.63. The van der Waals surface area contributed by atoms with E-state index in [9.17, 15) is 0 Å². The standard InChI is InChI=1S/C10H19NO.ClH/c12-8-7-11-6-5-10(9-11)3-1-2-4-10;/h12H,1-9H2;1H. The normalized spacial score (nSPS) is 26.5. The van der Waals surface area contributed by atoms with E-state index in [1.54, 1.807) is 0 Å². The topological polar surface area (TPSA) is 23.5 Å². The molecule has 78 valence electrons. The van der Waals surface area contributed by atoms with E-state index in [4.69, 9.17) is 5.11 Å². The number of hydrogen-bond acceptors (Lipinski definition) is 2. The average Bonchev–Trinajstić information content (AvgIpc) is 2.65. The number of β-amino-alcohol motifs (C(OH)–C–C–N with tert-alkyl or cyclic N) is 1. The number of aliphatic hydroxyl groups is 1.